The smallest absolute Gasteiger partial charge is 0.233 e. The van der Waals surface area contributed by atoms with Gasteiger partial charge < -0.3 is 10.2 Å². The van der Waals surface area contributed by atoms with E-state index in [4.69, 9.17) is 4.98 Å². The second kappa shape index (κ2) is 8.89. The Hall–Kier alpha value is -3.35. The molecule has 6 nitrogen and oxygen atoms in total. The van der Waals surface area contributed by atoms with Crippen LogP contribution in [-0.2, 0) is 10.2 Å². The lowest BCUT2D eigenvalue weighted by Gasteiger charge is -2.33. The summed E-state index contributed by atoms with van der Waals surface area (Å²) in [5, 5.41) is 3.28. The molecular weight excluding hydrogens is 417 g/mol. The van der Waals surface area contributed by atoms with E-state index in [-0.39, 0.29) is 17.8 Å². The van der Waals surface area contributed by atoms with Crippen LogP contribution in [0.5, 0.6) is 0 Å². The van der Waals surface area contributed by atoms with Crippen molar-refractivity contribution in [1.82, 2.24) is 19.9 Å². The normalized spacial score (nSPS) is 16.2. The monoisotopic (exact) mass is 447 g/mol. The fraction of sp³-hybridized carbons (Fsp3) is 0.385. The zero-order valence-electron chi connectivity index (χ0n) is 19.8. The molecular formula is C26H30FN5O. The van der Waals surface area contributed by atoms with Crippen molar-refractivity contribution in [2.45, 2.75) is 58.9 Å². The van der Waals surface area contributed by atoms with Crippen LogP contribution < -0.4 is 5.32 Å². The van der Waals surface area contributed by atoms with Crippen LogP contribution in [-0.4, -0.2) is 32.3 Å². The van der Waals surface area contributed by atoms with Gasteiger partial charge in [0.05, 0.1) is 17.2 Å². The van der Waals surface area contributed by atoms with Gasteiger partial charge in [0.2, 0.25) is 11.9 Å². The van der Waals surface area contributed by atoms with E-state index < -0.39 is 5.41 Å². The van der Waals surface area contributed by atoms with E-state index in [0.717, 1.165) is 41.3 Å². The van der Waals surface area contributed by atoms with Crippen LogP contribution in [0, 0.1) is 26.6 Å². The lowest BCUT2D eigenvalue weighted by molar-refractivity contribution is -0.137. The maximum absolute atomic E-state index is 14.5. The number of hydrogen-bond donors (Lipinski definition) is 1. The number of rotatable bonds is 5. The third kappa shape index (κ3) is 4.72. The van der Waals surface area contributed by atoms with Crippen LogP contribution >= 0.6 is 0 Å². The lowest BCUT2D eigenvalue weighted by atomic mass is 9.82. The molecule has 172 valence electrons. The summed E-state index contributed by atoms with van der Waals surface area (Å²) < 4.78 is 14.5. The van der Waals surface area contributed by atoms with E-state index in [1.807, 2.05) is 43.9 Å². The summed E-state index contributed by atoms with van der Waals surface area (Å²) in [7, 11) is 0. The highest BCUT2D eigenvalue weighted by atomic mass is 19.1. The molecule has 1 amide bonds. The summed E-state index contributed by atoms with van der Waals surface area (Å²) in [6, 6.07) is 12.2. The quantitative estimate of drug-likeness (QED) is 0.573. The number of hydrogen-bond acceptors (Lipinski definition) is 5. The Morgan fingerprint density at radius 1 is 1.03 bits per heavy atom. The van der Waals surface area contributed by atoms with Gasteiger partial charge >= 0.3 is 0 Å². The lowest BCUT2D eigenvalue weighted by Crippen LogP contribution is -2.43. The molecule has 3 heterocycles. The van der Waals surface area contributed by atoms with Crippen molar-refractivity contribution in [2.75, 3.05) is 11.9 Å². The number of likely N-dealkylation sites (tertiary alicyclic amines) is 1. The van der Waals surface area contributed by atoms with Crippen LogP contribution in [0.3, 0.4) is 0 Å². The Labute approximate surface area is 194 Å². The minimum Gasteiger partial charge on any atom is -0.333 e. The van der Waals surface area contributed by atoms with Gasteiger partial charge in [0.1, 0.15) is 5.82 Å². The maximum atomic E-state index is 14.5. The molecule has 0 saturated carbocycles. The van der Waals surface area contributed by atoms with Gasteiger partial charge in [0.25, 0.3) is 0 Å². The third-order valence-corrected chi connectivity index (χ3v) is 6.15. The first-order chi connectivity index (χ1) is 15.6. The molecule has 3 aromatic rings. The second-order valence-electron chi connectivity index (χ2n) is 9.28. The number of aromatic nitrogens is 3. The number of nitrogens with zero attached hydrogens (tertiary/aromatic N) is 4. The summed E-state index contributed by atoms with van der Waals surface area (Å²) in [5.41, 5.74) is 3.69. The van der Waals surface area contributed by atoms with Crippen LogP contribution in [0.15, 0.2) is 42.5 Å². The number of carbonyl (C=O) groups is 1. The van der Waals surface area contributed by atoms with Gasteiger partial charge in [-0.25, -0.2) is 14.4 Å². The Morgan fingerprint density at radius 3 is 2.39 bits per heavy atom. The zero-order chi connectivity index (χ0) is 23.8. The Balaban J connectivity index is 1.63. The molecule has 1 aliphatic heterocycles. The molecule has 1 fully saturated rings. The fourth-order valence-corrected chi connectivity index (χ4v) is 4.61. The van der Waals surface area contributed by atoms with Crippen molar-refractivity contribution in [2.24, 2.45) is 0 Å². The molecule has 1 aromatic carbocycles. The number of anilines is 2. The first-order valence-electron chi connectivity index (χ1n) is 11.3. The van der Waals surface area contributed by atoms with Crippen molar-refractivity contribution in [3.63, 3.8) is 0 Å². The molecule has 2 aromatic heterocycles. The van der Waals surface area contributed by atoms with E-state index in [2.05, 4.69) is 15.3 Å². The predicted octanol–water partition coefficient (Wildman–Crippen LogP) is 5.32. The zero-order valence-corrected chi connectivity index (χ0v) is 19.8. The Bertz CT molecular complexity index is 1170. The van der Waals surface area contributed by atoms with Crippen LogP contribution in [0.2, 0.25) is 0 Å². The first kappa shape index (κ1) is 22.8. The number of carbonyl (C=O) groups excluding carboxylic acids is 1. The van der Waals surface area contributed by atoms with Gasteiger partial charge in [-0.1, -0.05) is 18.2 Å². The predicted molar refractivity (Wildman–Crippen MR) is 127 cm³/mol. The van der Waals surface area contributed by atoms with E-state index in [1.54, 1.807) is 32.0 Å². The molecule has 0 spiro atoms. The van der Waals surface area contributed by atoms with Gasteiger partial charge in [0, 0.05) is 34.9 Å². The van der Waals surface area contributed by atoms with Crippen molar-refractivity contribution < 1.29 is 9.18 Å². The molecule has 1 aliphatic rings. The summed E-state index contributed by atoms with van der Waals surface area (Å²) in [6.45, 7) is 10.0. The van der Waals surface area contributed by atoms with Gasteiger partial charge in [-0.15, -0.1) is 0 Å². The summed E-state index contributed by atoms with van der Waals surface area (Å²) in [5.74, 6) is 0.0786. The highest BCUT2D eigenvalue weighted by Gasteiger charge is 2.41. The number of nitrogens with one attached hydrogen (secondary N) is 1. The minimum absolute atomic E-state index is 0.0921. The van der Waals surface area contributed by atoms with Crippen molar-refractivity contribution in [1.29, 1.82) is 0 Å². The van der Waals surface area contributed by atoms with E-state index in [9.17, 15) is 9.18 Å². The van der Waals surface area contributed by atoms with Gasteiger partial charge in [-0.3, -0.25) is 9.78 Å². The van der Waals surface area contributed by atoms with Crippen molar-refractivity contribution in [3.05, 3.63) is 76.6 Å². The number of halogens is 1. The number of pyridine rings is 1. The highest BCUT2D eigenvalue weighted by molar-refractivity contribution is 5.88. The van der Waals surface area contributed by atoms with Crippen LogP contribution in [0.25, 0.3) is 0 Å². The second-order valence-corrected chi connectivity index (χ2v) is 9.28. The molecule has 0 unspecified atom stereocenters. The van der Waals surface area contributed by atoms with Crippen molar-refractivity contribution in [3.8, 4) is 0 Å². The van der Waals surface area contributed by atoms with Gasteiger partial charge in [-0.2, -0.15) is 0 Å². The van der Waals surface area contributed by atoms with Crippen LogP contribution in [0.1, 0.15) is 61.1 Å². The molecule has 0 aliphatic carbocycles. The molecule has 1 N–H and O–H groups in total. The average molecular weight is 448 g/mol. The van der Waals surface area contributed by atoms with Gasteiger partial charge in [0.15, 0.2) is 0 Å². The minimum atomic E-state index is -0.980. The topological polar surface area (TPSA) is 71.0 Å². The van der Waals surface area contributed by atoms with E-state index >= 15 is 0 Å². The molecule has 1 atom stereocenters. The molecule has 0 bridgehead atoms. The Morgan fingerprint density at radius 2 is 1.70 bits per heavy atom. The number of aryl methyl sites for hydroxylation is 3. The largest absolute Gasteiger partial charge is 0.333 e. The summed E-state index contributed by atoms with van der Waals surface area (Å²) in [4.78, 5) is 29.2. The number of amides is 1. The summed E-state index contributed by atoms with van der Waals surface area (Å²) >= 11 is 0. The molecule has 4 rings (SSSR count). The number of benzene rings is 1. The first-order valence-corrected chi connectivity index (χ1v) is 11.3. The highest BCUT2D eigenvalue weighted by Crippen LogP contribution is 2.37. The SMILES string of the molecule is Cc1cc(Nc2nc(C)cc(C)n2)cc([C@H]2CCCN2C(=O)C(C)(C)c2ccccc2F)n1. The van der Waals surface area contributed by atoms with E-state index in [0.29, 0.717) is 18.1 Å². The molecule has 7 heteroatoms. The molecule has 33 heavy (non-hydrogen) atoms. The maximum Gasteiger partial charge on any atom is 0.233 e. The standard InChI is InChI=1S/C26H30FN5O/c1-16-13-17(2)30-25(29-16)31-19-14-18(3)28-22(15-19)23-11-8-12-32(23)24(33)26(4,5)20-9-6-7-10-21(20)27/h6-7,9-10,13-15,23H,8,11-12H2,1-5H3,(H,28,29,30,31)/t23-/m1/s1. The van der Waals surface area contributed by atoms with Gasteiger partial charge in [-0.05, 0) is 71.7 Å². The average Bonchev–Trinajstić information content (AvgIpc) is 3.22. The fourth-order valence-electron chi connectivity index (χ4n) is 4.61. The third-order valence-electron chi connectivity index (χ3n) is 6.15. The van der Waals surface area contributed by atoms with Crippen molar-refractivity contribution >= 4 is 17.5 Å². The van der Waals surface area contributed by atoms with E-state index in [1.165, 1.54) is 6.07 Å². The van der Waals surface area contributed by atoms with Crippen LogP contribution in [0.4, 0.5) is 16.0 Å². The summed E-state index contributed by atoms with van der Waals surface area (Å²) in [6.07, 6.45) is 1.69. The molecule has 1 saturated heterocycles. The Kier molecular flexibility index (Phi) is 6.15. The molecule has 0 radical (unpaired) electrons.